The molecule has 0 saturated carbocycles. The first-order chi connectivity index (χ1) is 19.9. The van der Waals surface area contributed by atoms with Crippen LogP contribution in [0.3, 0.4) is 0 Å². The molecule has 0 spiro atoms. The molecule has 2 aliphatic rings. The van der Waals surface area contributed by atoms with Gasteiger partial charge in [0.05, 0.1) is 29.2 Å². The molecule has 0 atom stereocenters. The Morgan fingerprint density at radius 2 is 1.60 bits per heavy atom. The summed E-state index contributed by atoms with van der Waals surface area (Å²) >= 11 is 30.5. The van der Waals surface area contributed by atoms with E-state index in [1.807, 2.05) is 69.4 Å². The molecule has 1 heterocycles. The van der Waals surface area contributed by atoms with Crippen molar-refractivity contribution in [2.45, 2.75) is 20.5 Å². The van der Waals surface area contributed by atoms with Crippen LogP contribution < -0.4 is 5.43 Å². The molecule has 1 N–H and O–H groups in total. The van der Waals surface area contributed by atoms with Gasteiger partial charge in [-0.2, -0.15) is 0 Å². The van der Waals surface area contributed by atoms with Crippen LogP contribution in [0.1, 0.15) is 32.6 Å². The minimum atomic E-state index is -0.789. The number of aryl methyl sites for hydroxylation is 2. The van der Waals surface area contributed by atoms with Crippen molar-refractivity contribution in [2.75, 3.05) is 0 Å². The van der Waals surface area contributed by atoms with E-state index in [-0.39, 0.29) is 60.3 Å². The molecule has 5 nitrogen and oxygen atoms in total. The van der Waals surface area contributed by atoms with Crippen LogP contribution in [0.25, 0.3) is 39.5 Å². The van der Waals surface area contributed by atoms with Crippen molar-refractivity contribution < 1.29 is 19.1 Å². The smallest absolute Gasteiger partial charge is 0.340 e. The maximum absolute atomic E-state index is 13.8. The van der Waals surface area contributed by atoms with Crippen LogP contribution in [0.2, 0.25) is 20.1 Å². The Morgan fingerprint density at radius 3 is 2.24 bits per heavy atom. The molecule has 0 saturated heterocycles. The highest BCUT2D eigenvalue weighted by Crippen LogP contribution is 2.52. The first-order valence-corrected chi connectivity index (χ1v) is 15.9. The molecule has 11 heteroatoms. The highest BCUT2D eigenvalue weighted by molar-refractivity contribution is 14.1. The Kier molecular flexibility index (Phi) is 9.10. The number of aromatic hydroxyl groups is 1. The Labute approximate surface area is 288 Å². The fraction of sp³-hybridized carbons (Fsp3) is 0.0968. The van der Waals surface area contributed by atoms with Crippen molar-refractivity contribution in [1.29, 1.82) is 0 Å². The molecule has 0 fully saturated rings. The largest absolute Gasteiger partial charge is 0.506 e. The Balaban J connectivity index is 1.86. The summed E-state index contributed by atoms with van der Waals surface area (Å²) in [4.78, 5) is 26.8. The summed E-state index contributed by atoms with van der Waals surface area (Å²) < 4.78 is 12.7. The topological polar surface area (TPSA) is 76.7 Å². The maximum Gasteiger partial charge on any atom is 0.340 e. The van der Waals surface area contributed by atoms with Gasteiger partial charge in [0.15, 0.2) is 16.8 Å². The molecule has 0 bridgehead atoms. The second-order valence-corrected chi connectivity index (χ2v) is 13.1. The summed E-state index contributed by atoms with van der Waals surface area (Å²) in [6, 6.07) is 10.7. The van der Waals surface area contributed by atoms with E-state index in [0.717, 1.165) is 11.1 Å². The van der Waals surface area contributed by atoms with Gasteiger partial charge >= 0.3 is 5.97 Å². The summed E-state index contributed by atoms with van der Waals surface area (Å²) in [6.07, 6.45) is 1.71. The van der Waals surface area contributed by atoms with Crippen molar-refractivity contribution in [3.63, 3.8) is 0 Å². The lowest BCUT2D eigenvalue weighted by Crippen LogP contribution is -2.13. The molecule has 0 aromatic heterocycles. The molecular weight excluding hydrogens is 848 g/mol. The first kappa shape index (κ1) is 31.4. The van der Waals surface area contributed by atoms with Gasteiger partial charge < -0.3 is 14.3 Å². The van der Waals surface area contributed by atoms with E-state index >= 15 is 0 Å². The third-order valence-corrected chi connectivity index (χ3v) is 10.6. The minimum absolute atomic E-state index is 0.0157. The molecular formula is C31H18Cl4I2O5. The Hall–Kier alpha value is -2.02. The average Bonchev–Trinajstić information content (AvgIpc) is 2.98. The third-order valence-electron chi connectivity index (χ3n) is 6.80. The first-order valence-electron chi connectivity index (χ1n) is 12.2. The van der Waals surface area contributed by atoms with Gasteiger partial charge in [-0.25, -0.2) is 4.79 Å². The summed E-state index contributed by atoms with van der Waals surface area (Å²) in [6.45, 7) is 7.10. The van der Waals surface area contributed by atoms with E-state index in [4.69, 9.17) is 55.6 Å². The quantitative estimate of drug-likeness (QED) is 0.0626. The number of phenols is 1. The fourth-order valence-electron chi connectivity index (χ4n) is 4.61. The van der Waals surface area contributed by atoms with Crippen molar-refractivity contribution in [1.82, 2.24) is 0 Å². The van der Waals surface area contributed by atoms with Crippen LogP contribution >= 0.6 is 91.6 Å². The molecule has 214 valence electrons. The van der Waals surface area contributed by atoms with Gasteiger partial charge in [0.1, 0.15) is 15.9 Å². The zero-order chi connectivity index (χ0) is 30.6. The van der Waals surface area contributed by atoms with Crippen LogP contribution in [-0.4, -0.2) is 11.1 Å². The SMILES string of the molecule is C=Cc1ccc(COC(=O)c2c(Cl)c(Cl)c(Cl)c(Cl)c2-c2c3cc(C)c(=O)c(I)c-3oc3c(I)c(O)c(C)cc23)cc1. The van der Waals surface area contributed by atoms with Gasteiger partial charge in [-0.1, -0.05) is 83.3 Å². The van der Waals surface area contributed by atoms with Crippen molar-refractivity contribution in [2.24, 2.45) is 0 Å². The van der Waals surface area contributed by atoms with Gasteiger partial charge in [-0.15, -0.1) is 0 Å². The number of rotatable bonds is 5. The van der Waals surface area contributed by atoms with Gasteiger partial charge in [-0.05, 0) is 93.4 Å². The third kappa shape index (κ3) is 5.30. The van der Waals surface area contributed by atoms with Crippen LogP contribution in [0.15, 0.2) is 52.2 Å². The number of benzene rings is 4. The lowest BCUT2D eigenvalue weighted by molar-refractivity contribution is 0.0474. The van der Waals surface area contributed by atoms with E-state index in [1.165, 1.54) is 0 Å². The van der Waals surface area contributed by atoms with E-state index in [1.54, 1.807) is 32.1 Å². The fourth-order valence-corrected chi connectivity index (χ4v) is 7.28. The summed E-state index contributed by atoms with van der Waals surface area (Å²) in [5.74, 6) is -0.529. The summed E-state index contributed by atoms with van der Waals surface area (Å²) in [5.41, 5.74) is 3.66. The number of fused-ring (bicyclic) bond motifs is 2. The van der Waals surface area contributed by atoms with Crippen LogP contribution in [0, 0.1) is 21.0 Å². The number of hydrogen-bond donors (Lipinski definition) is 1. The van der Waals surface area contributed by atoms with Gasteiger partial charge in [0, 0.05) is 22.1 Å². The number of hydrogen-bond acceptors (Lipinski definition) is 5. The predicted molar refractivity (Wildman–Crippen MR) is 187 cm³/mol. The lowest BCUT2D eigenvalue weighted by Gasteiger charge is -2.22. The van der Waals surface area contributed by atoms with Crippen LogP contribution in [0.4, 0.5) is 0 Å². The van der Waals surface area contributed by atoms with E-state index in [9.17, 15) is 14.7 Å². The highest BCUT2D eigenvalue weighted by atomic mass is 127. The molecule has 1 aliphatic heterocycles. The Bertz CT molecular complexity index is 1980. The molecule has 3 aromatic rings. The minimum Gasteiger partial charge on any atom is -0.506 e. The van der Waals surface area contributed by atoms with Gasteiger partial charge in [-0.3, -0.25) is 4.79 Å². The van der Waals surface area contributed by atoms with Crippen molar-refractivity contribution >= 4 is 115 Å². The van der Waals surface area contributed by atoms with E-state index in [0.29, 0.717) is 34.8 Å². The Morgan fingerprint density at radius 1 is 0.952 bits per heavy atom. The van der Waals surface area contributed by atoms with Crippen molar-refractivity contribution in [3.05, 3.63) is 108 Å². The predicted octanol–water partition coefficient (Wildman–Crippen LogP) is 10.7. The second-order valence-electron chi connectivity index (χ2n) is 9.45. The monoisotopic (exact) mass is 864 g/mol. The molecule has 0 amide bonds. The number of carbonyl (C=O) groups is 1. The molecule has 1 aliphatic carbocycles. The van der Waals surface area contributed by atoms with Crippen LogP contribution in [-0.2, 0) is 11.3 Å². The lowest BCUT2D eigenvalue weighted by atomic mass is 9.89. The molecule has 5 rings (SSSR count). The number of carbonyl (C=O) groups excluding carboxylic acids is 1. The van der Waals surface area contributed by atoms with Gasteiger partial charge in [0.2, 0.25) is 0 Å². The zero-order valence-electron chi connectivity index (χ0n) is 21.8. The molecule has 3 aromatic carbocycles. The number of ether oxygens (including phenoxy) is 1. The molecule has 0 radical (unpaired) electrons. The average molecular weight is 866 g/mol. The highest BCUT2D eigenvalue weighted by Gasteiger charge is 2.33. The molecule has 42 heavy (non-hydrogen) atoms. The van der Waals surface area contributed by atoms with Gasteiger partial charge in [0.25, 0.3) is 0 Å². The van der Waals surface area contributed by atoms with Crippen molar-refractivity contribution in [3.8, 4) is 28.2 Å². The normalized spacial score (nSPS) is 11.3. The second kappa shape index (κ2) is 12.2. The number of esters is 1. The van der Waals surface area contributed by atoms with E-state index in [2.05, 4.69) is 6.58 Å². The van der Waals surface area contributed by atoms with E-state index < -0.39 is 5.97 Å². The molecule has 0 unspecified atom stereocenters. The maximum atomic E-state index is 13.8. The number of halogens is 6. The standard InChI is InChI=1S/C31H18Cl4I2O5/c1-4-14-5-7-15(8-6-14)11-41-31(40)20-19(21(32)23(34)24(35)22(20)33)18-16-9-12(2)27(38)25(36)29(16)42-30-17(18)10-13(3)28(39)26(30)37/h4-10,38H,1,11H2,2-3H3. The zero-order valence-corrected chi connectivity index (χ0v) is 29.1. The summed E-state index contributed by atoms with van der Waals surface area (Å²) in [7, 11) is 0. The van der Waals surface area contributed by atoms with Crippen LogP contribution in [0.5, 0.6) is 5.75 Å². The number of phenolic OH excluding ortho intramolecular Hbond substituents is 1. The summed E-state index contributed by atoms with van der Waals surface area (Å²) in [5, 5.41) is 10.9.